The van der Waals surface area contributed by atoms with Crippen molar-refractivity contribution in [1.82, 2.24) is 15.3 Å². The van der Waals surface area contributed by atoms with E-state index in [0.29, 0.717) is 30.2 Å². The number of nitrogens with one attached hydrogen (secondary N) is 2. The maximum atomic E-state index is 12.5. The van der Waals surface area contributed by atoms with E-state index in [4.69, 9.17) is 4.74 Å². The molecule has 0 aliphatic carbocycles. The van der Waals surface area contributed by atoms with Gasteiger partial charge in [0.1, 0.15) is 11.4 Å². The molecule has 144 valence electrons. The van der Waals surface area contributed by atoms with Crippen LogP contribution in [0.3, 0.4) is 0 Å². The molecule has 1 saturated heterocycles. The number of carbonyl (C=O) groups excluding carboxylic acids is 1. The molecule has 1 aliphatic heterocycles. The Morgan fingerprint density at radius 1 is 1.30 bits per heavy atom. The number of nitrogens with zero attached hydrogens (tertiary/aromatic N) is 2. The summed E-state index contributed by atoms with van der Waals surface area (Å²) in [5.74, 6) is 0.583. The van der Waals surface area contributed by atoms with E-state index in [0.717, 1.165) is 0 Å². The van der Waals surface area contributed by atoms with Gasteiger partial charge in [-0.05, 0) is 38.5 Å². The van der Waals surface area contributed by atoms with Crippen LogP contribution in [0.25, 0.3) is 0 Å². The van der Waals surface area contributed by atoms with E-state index < -0.39 is 15.7 Å². The van der Waals surface area contributed by atoms with Gasteiger partial charge < -0.3 is 15.4 Å². The van der Waals surface area contributed by atoms with Crippen molar-refractivity contribution in [2.24, 2.45) is 0 Å². The summed E-state index contributed by atoms with van der Waals surface area (Å²) < 4.78 is 28.7. The minimum absolute atomic E-state index is 0.0321. The molecule has 0 spiro atoms. The summed E-state index contributed by atoms with van der Waals surface area (Å²) in [6.45, 7) is 4.18. The van der Waals surface area contributed by atoms with Crippen LogP contribution in [0, 0.1) is 6.92 Å². The van der Waals surface area contributed by atoms with Crippen LogP contribution < -0.4 is 15.4 Å². The summed E-state index contributed by atoms with van der Waals surface area (Å²) in [6, 6.07) is 8.57. The average molecular weight is 390 g/mol. The van der Waals surface area contributed by atoms with Crippen LogP contribution in [0.2, 0.25) is 0 Å². The summed E-state index contributed by atoms with van der Waals surface area (Å²) >= 11 is 0. The lowest BCUT2D eigenvalue weighted by atomic mass is 10.2. The number of ether oxygens (including phenoxy) is 1. The molecular formula is C18H22N4O4S. The van der Waals surface area contributed by atoms with Crippen molar-refractivity contribution in [1.29, 1.82) is 0 Å². The maximum Gasteiger partial charge on any atom is 0.270 e. The number of para-hydroxylation sites is 2. The standard InChI is InChI=1S/C18H22N4O4S/c1-3-26-16-7-5-4-6-14(16)21-18-19-12(2)10-15(22-18)17(23)20-13-8-9-27(24,25)11-13/h4-7,10,13H,3,8-9,11H2,1-2H3,(H,20,23)(H,19,21,22). The van der Waals surface area contributed by atoms with E-state index in [1.165, 1.54) is 0 Å². The van der Waals surface area contributed by atoms with Crippen LogP contribution in [-0.2, 0) is 9.84 Å². The lowest BCUT2D eigenvalue weighted by molar-refractivity contribution is 0.0936. The molecule has 1 atom stereocenters. The third kappa shape index (κ3) is 4.94. The molecule has 0 bridgehead atoms. The smallest absolute Gasteiger partial charge is 0.270 e. The van der Waals surface area contributed by atoms with Gasteiger partial charge in [0, 0.05) is 11.7 Å². The molecule has 1 amide bonds. The number of sulfone groups is 1. The van der Waals surface area contributed by atoms with Gasteiger partial charge in [0.25, 0.3) is 5.91 Å². The Morgan fingerprint density at radius 3 is 2.78 bits per heavy atom. The zero-order valence-corrected chi connectivity index (χ0v) is 16.0. The molecule has 0 radical (unpaired) electrons. The summed E-state index contributed by atoms with van der Waals surface area (Å²) in [4.78, 5) is 21.1. The molecule has 2 aromatic rings. The molecule has 1 aromatic carbocycles. The quantitative estimate of drug-likeness (QED) is 0.774. The fourth-order valence-corrected chi connectivity index (χ4v) is 4.55. The molecule has 1 aliphatic rings. The van der Waals surface area contributed by atoms with Gasteiger partial charge in [-0.15, -0.1) is 0 Å². The third-order valence-corrected chi connectivity index (χ3v) is 5.86. The molecule has 9 heteroatoms. The highest BCUT2D eigenvalue weighted by Gasteiger charge is 2.29. The molecule has 1 unspecified atom stereocenters. The van der Waals surface area contributed by atoms with Crippen LogP contribution in [0.5, 0.6) is 5.75 Å². The fraction of sp³-hybridized carbons (Fsp3) is 0.389. The Bertz CT molecular complexity index is 946. The van der Waals surface area contributed by atoms with Gasteiger partial charge in [-0.2, -0.15) is 0 Å². The van der Waals surface area contributed by atoms with Crippen LogP contribution in [0.15, 0.2) is 30.3 Å². The molecular weight excluding hydrogens is 368 g/mol. The SMILES string of the molecule is CCOc1ccccc1Nc1nc(C)cc(C(=O)NC2CCS(=O)(=O)C2)n1. The second kappa shape index (κ2) is 7.91. The minimum Gasteiger partial charge on any atom is -0.492 e. The summed E-state index contributed by atoms with van der Waals surface area (Å²) in [7, 11) is -3.06. The highest BCUT2D eigenvalue weighted by atomic mass is 32.2. The van der Waals surface area contributed by atoms with Crippen molar-refractivity contribution in [2.75, 3.05) is 23.4 Å². The molecule has 2 N–H and O–H groups in total. The van der Waals surface area contributed by atoms with Crippen molar-refractivity contribution in [3.63, 3.8) is 0 Å². The minimum atomic E-state index is -3.06. The number of carbonyl (C=O) groups is 1. The van der Waals surface area contributed by atoms with Gasteiger partial charge in [0.15, 0.2) is 9.84 Å². The van der Waals surface area contributed by atoms with Gasteiger partial charge in [-0.25, -0.2) is 18.4 Å². The first-order valence-electron chi connectivity index (χ1n) is 8.72. The Hall–Kier alpha value is -2.68. The van der Waals surface area contributed by atoms with Crippen molar-refractivity contribution < 1.29 is 17.9 Å². The molecule has 2 heterocycles. The maximum absolute atomic E-state index is 12.5. The second-order valence-electron chi connectivity index (χ2n) is 6.35. The first-order valence-corrected chi connectivity index (χ1v) is 10.5. The molecule has 8 nitrogen and oxygen atoms in total. The number of anilines is 2. The molecule has 0 saturated carbocycles. The predicted octanol–water partition coefficient (Wildman–Crippen LogP) is 1.84. The van der Waals surface area contributed by atoms with Gasteiger partial charge in [-0.3, -0.25) is 4.79 Å². The van der Waals surface area contributed by atoms with E-state index in [1.807, 2.05) is 31.2 Å². The lowest BCUT2D eigenvalue weighted by Crippen LogP contribution is -2.36. The van der Waals surface area contributed by atoms with Crippen LogP contribution >= 0.6 is 0 Å². The zero-order chi connectivity index (χ0) is 19.4. The van der Waals surface area contributed by atoms with Crippen LogP contribution in [-0.4, -0.2) is 48.4 Å². The van der Waals surface area contributed by atoms with Gasteiger partial charge in [0.05, 0.1) is 23.8 Å². The molecule has 1 fully saturated rings. The van der Waals surface area contributed by atoms with E-state index >= 15 is 0 Å². The highest BCUT2D eigenvalue weighted by molar-refractivity contribution is 7.91. The van der Waals surface area contributed by atoms with E-state index in [-0.39, 0.29) is 29.2 Å². The number of rotatable bonds is 6. The van der Waals surface area contributed by atoms with E-state index in [2.05, 4.69) is 20.6 Å². The zero-order valence-electron chi connectivity index (χ0n) is 15.2. The summed E-state index contributed by atoms with van der Waals surface area (Å²) in [5.41, 5.74) is 1.49. The highest BCUT2D eigenvalue weighted by Crippen LogP contribution is 2.26. The largest absolute Gasteiger partial charge is 0.492 e. The second-order valence-corrected chi connectivity index (χ2v) is 8.57. The van der Waals surface area contributed by atoms with Crippen molar-refractivity contribution >= 4 is 27.4 Å². The van der Waals surface area contributed by atoms with Crippen molar-refractivity contribution in [2.45, 2.75) is 26.3 Å². The number of hydrogen-bond donors (Lipinski definition) is 2. The first kappa shape index (κ1) is 19.1. The number of aryl methyl sites for hydroxylation is 1. The molecule has 27 heavy (non-hydrogen) atoms. The monoisotopic (exact) mass is 390 g/mol. The Morgan fingerprint density at radius 2 is 2.07 bits per heavy atom. The van der Waals surface area contributed by atoms with E-state index in [1.54, 1.807) is 13.0 Å². The van der Waals surface area contributed by atoms with Gasteiger partial charge in [0.2, 0.25) is 5.95 Å². The fourth-order valence-electron chi connectivity index (χ4n) is 2.88. The van der Waals surface area contributed by atoms with E-state index in [9.17, 15) is 13.2 Å². The Balaban J connectivity index is 1.77. The third-order valence-electron chi connectivity index (χ3n) is 4.09. The van der Waals surface area contributed by atoms with Crippen molar-refractivity contribution in [3.05, 3.63) is 41.7 Å². The molecule has 1 aromatic heterocycles. The van der Waals surface area contributed by atoms with Crippen molar-refractivity contribution in [3.8, 4) is 5.75 Å². The predicted molar refractivity (Wildman–Crippen MR) is 102 cm³/mol. The number of aromatic nitrogens is 2. The topological polar surface area (TPSA) is 110 Å². The van der Waals surface area contributed by atoms with Gasteiger partial charge in [-0.1, -0.05) is 12.1 Å². The lowest BCUT2D eigenvalue weighted by Gasteiger charge is -2.13. The summed E-state index contributed by atoms with van der Waals surface area (Å²) in [5, 5.41) is 5.82. The van der Waals surface area contributed by atoms with Crippen LogP contribution in [0.4, 0.5) is 11.6 Å². The number of amides is 1. The molecule has 3 rings (SSSR count). The number of hydrogen-bond acceptors (Lipinski definition) is 7. The Labute approximate surface area is 158 Å². The first-order chi connectivity index (χ1) is 12.9. The average Bonchev–Trinajstić information content (AvgIpc) is 2.95. The number of benzene rings is 1. The van der Waals surface area contributed by atoms with Crippen LogP contribution in [0.1, 0.15) is 29.5 Å². The summed E-state index contributed by atoms with van der Waals surface area (Å²) in [6.07, 6.45) is 0.422. The normalized spacial score (nSPS) is 18.1. The van der Waals surface area contributed by atoms with Gasteiger partial charge >= 0.3 is 0 Å². The Kier molecular flexibility index (Phi) is 5.59.